The van der Waals surface area contributed by atoms with E-state index in [2.05, 4.69) is 35.8 Å². The first-order chi connectivity index (χ1) is 20.1. The summed E-state index contributed by atoms with van der Waals surface area (Å²) in [6.45, 7) is 3.79. The monoisotopic (exact) mass is 587 g/mol. The minimum absolute atomic E-state index is 0.0207. The minimum atomic E-state index is -3.51. The standard InChI is InChI=1S/C28H29N9O4S/c1-17-24(42(2,40)41)11-19(14-30-17)25(38)32-15-20-12-23-18(13-31-20)3-4-21(34-23)22-5-8-29-26(35-22)37-9-6-28(7-10-37)16-33-27(39)36-28/h3-5,8,11-14H,6-7,9-10,15-16H2,1-2H3,(H,32,38)(H2,33,36,39). The fraction of sp³-hybridized carbons (Fsp3) is 0.321. The third-order valence-corrected chi connectivity index (χ3v) is 8.85. The molecule has 42 heavy (non-hydrogen) atoms. The van der Waals surface area contributed by atoms with E-state index in [0.717, 1.165) is 37.6 Å². The Morgan fingerprint density at radius 1 is 1.05 bits per heavy atom. The Morgan fingerprint density at radius 2 is 1.83 bits per heavy atom. The van der Waals surface area contributed by atoms with Gasteiger partial charge in [0.05, 0.1) is 50.8 Å². The van der Waals surface area contributed by atoms with Gasteiger partial charge >= 0.3 is 6.03 Å². The Kier molecular flexibility index (Phi) is 6.93. The van der Waals surface area contributed by atoms with Gasteiger partial charge < -0.3 is 20.9 Å². The summed E-state index contributed by atoms with van der Waals surface area (Å²) >= 11 is 0. The number of pyridine rings is 3. The number of nitrogens with one attached hydrogen (secondary N) is 3. The molecule has 1 spiro atoms. The molecule has 0 aliphatic carbocycles. The first-order valence-corrected chi connectivity index (χ1v) is 15.3. The number of carbonyl (C=O) groups is 2. The van der Waals surface area contributed by atoms with Gasteiger partial charge in [-0.3, -0.25) is 14.8 Å². The Bertz CT molecular complexity index is 1820. The smallest absolute Gasteiger partial charge is 0.315 e. The number of carbonyl (C=O) groups excluding carboxylic acids is 2. The maximum atomic E-state index is 12.7. The van der Waals surface area contributed by atoms with E-state index < -0.39 is 15.7 Å². The number of nitrogens with zero attached hydrogens (tertiary/aromatic N) is 6. The fourth-order valence-corrected chi connectivity index (χ4v) is 6.17. The minimum Gasteiger partial charge on any atom is -0.346 e. The van der Waals surface area contributed by atoms with E-state index in [9.17, 15) is 18.0 Å². The zero-order valence-electron chi connectivity index (χ0n) is 23.1. The quantitative estimate of drug-likeness (QED) is 0.302. The number of anilines is 1. The molecule has 2 aliphatic heterocycles. The Labute approximate surface area is 242 Å². The molecule has 3 N–H and O–H groups in total. The maximum absolute atomic E-state index is 12.7. The molecule has 0 aromatic carbocycles. The molecule has 2 saturated heterocycles. The number of aromatic nitrogens is 5. The van der Waals surface area contributed by atoms with Crippen LogP contribution in [0.4, 0.5) is 10.7 Å². The van der Waals surface area contributed by atoms with E-state index >= 15 is 0 Å². The van der Waals surface area contributed by atoms with Gasteiger partial charge in [-0.15, -0.1) is 0 Å². The van der Waals surface area contributed by atoms with Crippen molar-refractivity contribution in [2.45, 2.75) is 36.7 Å². The number of rotatable bonds is 6. The topological polar surface area (TPSA) is 172 Å². The van der Waals surface area contributed by atoms with Crippen LogP contribution in [0.25, 0.3) is 22.3 Å². The number of urea groups is 1. The van der Waals surface area contributed by atoms with Gasteiger partial charge in [-0.05, 0) is 50.1 Å². The second-order valence-electron chi connectivity index (χ2n) is 10.6. The van der Waals surface area contributed by atoms with Crippen molar-refractivity contribution in [3.63, 3.8) is 0 Å². The van der Waals surface area contributed by atoms with Crippen LogP contribution in [0, 0.1) is 6.92 Å². The average molecular weight is 588 g/mol. The van der Waals surface area contributed by atoms with Crippen LogP contribution in [0.1, 0.15) is 34.6 Å². The average Bonchev–Trinajstić information content (AvgIpc) is 3.34. The molecule has 6 rings (SSSR count). The highest BCUT2D eigenvalue weighted by molar-refractivity contribution is 7.90. The van der Waals surface area contributed by atoms with Crippen LogP contribution in [-0.2, 0) is 16.4 Å². The van der Waals surface area contributed by atoms with Crippen molar-refractivity contribution in [1.29, 1.82) is 0 Å². The number of fused-ring (bicyclic) bond motifs is 1. The molecule has 216 valence electrons. The van der Waals surface area contributed by atoms with Crippen molar-refractivity contribution in [1.82, 2.24) is 40.9 Å². The maximum Gasteiger partial charge on any atom is 0.315 e. The van der Waals surface area contributed by atoms with Gasteiger partial charge in [0.1, 0.15) is 0 Å². The highest BCUT2D eigenvalue weighted by Crippen LogP contribution is 2.27. The highest BCUT2D eigenvalue weighted by atomic mass is 32.2. The number of amides is 3. The van der Waals surface area contributed by atoms with Gasteiger partial charge in [0, 0.05) is 49.9 Å². The molecule has 2 aliphatic rings. The molecule has 0 unspecified atom stereocenters. The van der Waals surface area contributed by atoms with Crippen LogP contribution in [0.15, 0.2) is 53.8 Å². The van der Waals surface area contributed by atoms with Crippen molar-refractivity contribution < 1.29 is 18.0 Å². The lowest BCUT2D eigenvalue weighted by atomic mass is 9.89. The van der Waals surface area contributed by atoms with E-state index in [-0.39, 0.29) is 28.6 Å². The third kappa shape index (κ3) is 5.57. The van der Waals surface area contributed by atoms with Gasteiger partial charge in [-0.25, -0.2) is 28.2 Å². The number of piperidine rings is 1. The molecule has 0 radical (unpaired) electrons. The van der Waals surface area contributed by atoms with E-state index in [1.54, 1.807) is 25.4 Å². The molecule has 0 bridgehead atoms. The highest BCUT2D eigenvalue weighted by Gasteiger charge is 2.40. The van der Waals surface area contributed by atoms with Gasteiger partial charge in [-0.1, -0.05) is 0 Å². The van der Waals surface area contributed by atoms with Crippen LogP contribution in [0.5, 0.6) is 0 Å². The van der Waals surface area contributed by atoms with Crippen molar-refractivity contribution in [3.05, 3.63) is 65.9 Å². The first kappa shape index (κ1) is 27.4. The second kappa shape index (κ2) is 10.6. The summed E-state index contributed by atoms with van der Waals surface area (Å²) in [6.07, 6.45) is 7.45. The zero-order valence-corrected chi connectivity index (χ0v) is 23.9. The summed E-state index contributed by atoms with van der Waals surface area (Å²) in [5, 5.41) is 9.51. The van der Waals surface area contributed by atoms with Gasteiger partial charge in [0.2, 0.25) is 5.95 Å². The molecule has 4 aromatic rings. The van der Waals surface area contributed by atoms with Crippen LogP contribution in [0.2, 0.25) is 0 Å². The van der Waals surface area contributed by atoms with Crippen molar-refractivity contribution in [2.75, 3.05) is 30.8 Å². The van der Waals surface area contributed by atoms with E-state index in [4.69, 9.17) is 9.97 Å². The van der Waals surface area contributed by atoms with Crippen LogP contribution < -0.4 is 20.9 Å². The molecule has 4 aromatic heterocycles. The SMILES string of the molecule is Cc1ncc(C(=O)NCc2cc3nc(-c4ccnc(N5CCC6(CC5)CNC(=O)N6)n4)ccc3cn2)cc1S(C)(=O)=O. The Balaban J connectivity index is 1.16. The summed E-state index contributed by atoms with van der Waals surface area (Å²) in [4.78, 5) is 49.1. The first-order valence-electron chi connectivity index (χ1n) is 13.4. The van der Waals surface area contributed by atoms with Crippen LogP contribution in [0.3, 0.4) is 0 Å². The summed E-state index contributed by atoms with van der Waals surface area (Å²) in [5.41, 5.74) is 2.91. The Morgan fingerprint density at radius 3 is 2.57 bits per heavy atom. The summed E-state index contributed by atoms with van der Waals surface area (Å²) in [6, 6.07) is 8.62. The predicted octanol–water partition coefficient (Wildman–Crippen LogP) is 1.78. The fourth-order valence-electron chi connectivity index (χ4n) is 5.24. The largest absolute Gasteiger partial charge is 0.346 e. The molecular weight excluding hydrogens is 558 g/mol. The van der Waals surface area contributed by atoms with Gasteiger partial charge in [0.15, 0.2) is 9.84 Å². The van der Waals surface area contributed by atoms with E-state index in [0.29, 0.717) is 40.8 Å². The van der Waals surface area contributed by atoms with Crippen molar-refractivity contribution in [3.8, 4) is 11.4 Å². The molecule has 0 saturated carbocycles. The molecule has 3 amide bonds. The number of sulfone groups is 1. The zero-order chi connectivity index (χ0) is 29.5. The molecule has 13 nitrogen and oxygen atoms in total. The lowest BCUT2D eigenvalue weighted by molar-refractivity contribution is 0.0949. The van der Waals surface area contributed by atoms with Crippen LogP contribution in [-0.4, -0.2) is 76.7 Å². The summed E-state index contributed by atoms with van der Waals surface area (Å²) in [7, 11) is -3.51. The predicted molar refractivity (Wildman–Crippen MR) is 155 cm³/mol. The van der Waals surface area contributed by atoms with Crippen molar-refractivity contribution >= 4 is 38.6 Å². The van der Waals surface area contributed by atoms with Crippen molar-refractivity contribution in [2.24, 2.45) is 0 Å². The number of hydrogen-bond donors (Lipinski definition) is 3. The van der Waals surface area contributed by atoms with Gasteiger partial charge in [0.25, 0.3) is 5.91 Å². The second-order valence-corrected chi connectivity index (χ2v) is 12.6. The molecule has 2 fully saturated rings. The molecule has 0 atom stereocenters. The normalized spacial score (nSPS) is 16.3. The molecule has 14 heteroatoms. The van der Waals surface area contributed by atoms with E-state index in [1.807, 2.05) is 18.2 Å². The molecule has 6 heterocycles. The Hall–Kier alpha value is -4.72. The lowest BCUT2D eigenvalue weighted by Gasteiger charge is -2.38. The van der Waals surface area contributed by atoms with Gasteiger partial charge in [-0.2, -0.15) is 0 Å². The molecular formula is C28H29N9O4S. The number of hydrogen-bond acceptors (Lipinski definition) is 10. The summed E-state index contributed by atoms with van der Waals surface area (Å²) in [5.74, 6) is 0.156. The lowest BCUT2D eigenvalue weighted by Crippen LogP contribution is -2.52. The van der Waals surface area contributed by atoms with E-state index in [1.165, 1.54) is 12.3 Å². The van der Waals surface area contributed by atoms with Crippen LogP contribution >= 0.6 is 0 Å². The summed E-state index contributed by atoms with van der Waals surface area (Å²) < 4.78 is 24.0. The third-order valence-electron chi connectivity index (χ3n) is 7.64. The number of aryl methyl sites for hydroxylation is 1.